The van der Waals surface area contributed by atoms with Gasteiger partial charge in [-0.1, -0.05) is 48.5 Å². The zero-order valence-electron chi connectivity index (χ0n) is 12.7. The molecule has 3 nitrogen and oxygen atoms in total. The van der Waals surface area contributed by atoms with Gasteiger partial charge in [-0.15, -0.1) is 0 Å². The quantitative estimate of drug-likeness (QED) is 0.429. The summed E-state index contributed by atoms with van der Waals surface area (Å²) in [5, 5.41) is 3.25. The highest BCUT2D eigenvalue weighted by molar-refractivity contribution is 6.17. The second-order valence-electron chi connectivity index (χ2n) is 5.82. The maximum atomic E-state index is 6.19. The Balaban J connectivity index is 2.00. The average Bonchev–Trinajstić information content (AvgIpc) is 3.14. The van der Waals surface area contributed by atoms with Gasteiger partial charge in [0.2, 0.25) is 0 Å². The van der Waals surface area contributed by atoms with Gasteiger partial charge in [0.1, 0.15) is 16.8 Å². The molecule has 5 rings (SSSR count). The molecule has 3 heterocycles. The normalized spacial score (nSPS) is 11.7. The van der Waals surface area contributed by atoms with Crippen molar-refractivity contribution in [1.82, 2.24) is 9.55 Å². The van der Waals surface area contributed by atoms with Crippen LogP contribution in [0.3, 0.4) is 0 Å². The molecule has 3 aromatic heterocycles. The highest BCUT2D eigenvalue weighted by Crippen LogP contribution is 2.38. The summed E-state index contributed by atoms with van der Waals surface area (Å²) in [6, 6.07) is 18.5. The van der Waals surface area contributed by atoms with Crippen LogP contribution in [0.15, 0.2) is 71.4 Å². The lowest BCUT2D eigenvalue weighted by molar-refractivity contribution is 0.672. The van der Waals surface area contributed by atoms with Crippen molar-refractivity contribution in [3.05, 3.63) is 67.0 Å². The maximum Gasteiger partial charge on any atom is 0.148 e. The zero-order valence-corrected chi connectivity index (χ0v) is 12.7. The van der Waals surface area contributed by atoms with Gasteiger partial charge in [0.15, 0.2) is 0 Å². The molecule has 2 aromatic carbocycles. The van der Waals surface area contributed by atoms with Gasteiger partial charge in [-0.2, -0.15) is 0 Å². The van der Waals surface area contributed by atoms with Crippen LogP contribution in [0, 0.1) is 0 Å². The average molecular weight is 298 g/mol. The van der Waals surface area contributed by atoms with Gasteiger partial charge < -0.3 is 8.98 Å². The van der Waals surface area contributed by atoms with Gasteiger partial charge in [0, 0.05) is 35.8 Å². The van der Waals surface area contributed by atoms with Gasteiger partial charge in [-0.3, -0.25) is 0 Å². The number of pyridine rings is 1. The molecule has 0 aliphatic rings. The van der Waals surface area contributed by atoms with Crippen LogP contribution < -0.4 is 0 Å². The first-order chi connectivity index (χ1) is 11.3. The van der Waals surface area contributed by atoms with E-state index in [4.69, 9.17) is 4.42 Å². The summed E-state index contributed by atoms with van der Waals surface area (Å²) in [5.74, 6) is 0. The molecule has 0 aliphatic heterocycles. The van der Waals surface area contributed by atoms with E-state index in [2.05, 4.69) is 46.1 Å². The van der Waals surface area contributed by atoms with E-state index in [0.717, 1.165) is 38.5 Å². The molecular weight excluding hydrogens is 284 g/mol. The molecule has 0 radical (unpaired) electrons. The third-order valence-electron chi connectivity index (χ3n) is 4.41. The van der Waals surface area contributed by atoms with E-state index in [9.17, 15) is 0 Å². The van der Waals surface area contributed by atoms with Gasteiger partial charge in [0.25, 0.3) is 0 Å². The summed E-state index contributed by atoms with van der Waals surface area (Å²) < 4.78 is 8.25. The van der Waals surface area contributed by atoms with Crippen molar-refractivity contribution in [1.29, 1.82) is 0 Å². The molecule has 0 saturated heterocycles. The van der Waals surface area contributed by atoms with E-state index in [0.29, 0.717) is 0 Å². The van der Waals surface area contributed by atoms with Crippen LogP contribution in [0.1, 0.15) is 0 Å². The topological polar surface area (TPSA) is 31.0 Å². The highest BCUT2D eigenvalue weighted by atomic mass is 16.3. The molecule has 3 heteroatoms. The Morgan fingerprint density at radius 3 is 2.57 bits per heavy atom. The fourth-order valence-corrected chi connectivity index (χ4v) is 3.34. The minimum absolute atomic E-state index is 0.902. The molecule has 0 spiro atoms. The van der Waals surface area contributed by atoms with Gasteiger partial charge >= 0.3 is 0 Å². The summed E-state index contributed by atoms with van der Waals surface area (Å²) in [6.45, 7) is 0. The molecule has 0 atom stereocenters. The highest BCUT2D eigenvalue weighted by Gasteiger charge is 2.17. The van der Waals surface area contributed by atoms with Crippen molar-refractivity contribution in [2.45, 2.75) is 0 Å². The van der Waals surface area contributed by atoms with E-state index >= 15 is 0 Å². The number of hydrogen-bond donors (Lipinski definition) is 0. The Labute approximate surface area is 132 Å². The molecule has 0 amide bonds. The van der Waals surface area contributed by atoms with Crippen molar-refractivity contribution in [2.24, 2.45) is 7.05 Å². The number of rotatable bonds is 1. The molecule has 0 saturated carbocycles. The van der Waals surface area contributed by atoms with Gasteiger partial charge in [-0.05, 0) is 11.6 Å². The number of fused-ring (bicyclic) bond motifs is 5. The predicted octanol–water partition coefficient (Wildman–Crippen LogP) is 5.14. The number of benzene rings is 2. The molecular formula is C20H14N2O. The summed E-state index contributed by atoms with van der Waals surface area (Å²) >= 11 is 0. The second-order valence-corrected chi connectivity index (χ2v) is 5.82. The number of furan rings is 1. The molecule has 0 aliphatic carbocycles. The van der Waals surface area contributed by atoms with E-state index in [1.54, 1.807) is 0 Å². The third-order valence-corrected chi connectivity index (χ3v) is 4.41. The zero-order chi connectivity index (χ0) is 15.4. The summed E-state index contributed by atoms with van der Waals surface area (Å²) in [6.07, 6.45) is 4.04. The summed E-state index contributed by atoms with van der Waals surface area (Å²) in [5.41, 5.74) is 5.08. The molecule has 110 valence electrons. The summed E-state index contributed by atoms with van der Waals surface area (Å²) in [4.78, 5) is 4.68. The number of para-hydroxylation sites is 1. The molecule has 23 heavy (non-hydrogen) atoms. The molecule has 0 fully saturated rings. The van der Waals surface area contributed by atoms with Crippen LogP contribution in [0.25, 0.3) is 44.1 Å². The minimum atomic E-state index is 0.902. The third kappa shape index (κ3) is 1.67. The van der Waals surface area contributed by atoms with Gasteiger partial charge in [-0.25, -0.2) is 4.98 Å². The Morgan fingerprint density at radius 1 is 0.913 bits per heavy atom. The van der Waals surface area contributed by atoms with E-state index in [1.165, 1.54) is 5.56 Å². The Kier molecular flexibility index (Phi) is 2.42. The fraction of sp³-hybridized carbons (Fsp3) is 0.0500. The van der Waals surface area contributed by atoms with Crippen molar-refractivity contribution in [3.8, 4) is 11.1 Å². The number of nitrogens with zero attached hydrogens (tertiary/aromatic N) is 2. The molecule has 0 unspecified atom stereocenters. The number of aromatic nitrogens is 2. The van der Waals surface area contributed by atoms with Crippen LogP contribution in [0.2, 0.25) is 0 Å². The van der Waals surface area contributed by atoms with Crippen LogP contribution >= 0.6 is 0 Å². The second kappa shape index (κ2) is 4.46. The van der Waals surface area contributed by atoms with E-state index in [1.807, 2.05) is 37.5 Å². The van der Waals surface area contributed by atoms with Crippen LogP contribution in [0.5, 0.6) is 0 Å². The Hall–Kier alpha value is -3.07. The molecule has 0 bridgehead atoms. The predicted molar refractivity (Wildman–Crippen MR) is 93.4 cm³/mol. The molecule has 0 N–H and O–H groups in total. The van der Waals surface area contributed by atoms with E-state index in [-0.39, 0.29) is 0 Å². The number of aryl methyl sites for hydroxylation is 1. The lowest BCUT2D eigenvalue weighted by Crippen LogP contribution is -1.86. The minimum Gasteiger partial charge on any atom is -0.455 e. The first kappa shape index (κ1) is 12.5. The first-order valence-corrected chi connectivity index (χ1v) is 7.63. The number of hydrogen-bond acceptors (Lipinski definition) is 2. The lowest BCUT2D eigenvalue weighted by Gasteiger charge is -1.99. The van der Waals surface area contributed by atoms with Crippen molar-refractivity contribution in [2.75, 3.05) is 0 Å². The first-order valence-electron chi connectivity index (χ1n) is 7.63. The largest absolute Gasteiger partial charge is 0.455 e. The van der Waals surface area contributed by atoms with E-state index < -0.39 is 0 Å². The lowest BCUT2D eigenvalue weighted by atomic mass is 10.0. The van der Waals surface area contributed by atoms with Crippen molar-refractivity contribution >= 4 is 33.0 Å². The fourth-order valence-electron chi connectivity index (χ4n) is 3.34. The SMILES string of the molecule is Cn1cc(-c2ccccc2)c2c3oc4ccccc4c3cnc21. The monoisotopic (exact) mass is 298 g/mol. The van der Waals surface area contributed by atoms with Crippen LogP contribution in [0.4, 0.5) is 0 Å². The maximum absolute atomic E-state index is 6.19. The van der Waals surface area contributed by atoms with Crippen LogP contribution in [-0.2, 0) is 7.05 Å². The van der Waals surface area contributed by atoms with Gasteiger partial charge in [0.05, 0.1) is 5.39 Å². The smallest absolute Gasteiger partial charge is 0.148 e. The Bertz CT molecular complexity index is 1170. The van der Waals surface area contributed by atoms with Crippen molar-refractivity contribution in [3.63, 3.8) is 0 Å². The standard InChI is InChI=1S/C20H14N2O/c1-22-12-16(13-7-3-2-4-8-13)18-19-15(11-21-20(18)22)14-9-5-6-10-17(14)23-19/h2-12H,1H3. The Morgan fingerprint density at radius 2 is 1.70 bits per heavy atom. The summed E-state index contributed by atoms with van der Waals surface area (Å²) in [7, 11) is 2.02. The molecule has 5 aromatic rings. The van der Waals surface area contributed by atoms with Crippen molar-refractivity contribution < 1.29 is 4.42 Å². The van der Waals surface area contributed by atoms with Crippen LogP contribution in [-0.4, -0.2) is 9.55 Å².